The molecule has 0 radical (unpaired) electrons. The molecule has 5 nitrogen and oxygen atoms in total. The molecular formula is C18H17ClN4O. The summed E-state index contributed by atoms with van der Waals surface area (Å²) in [7, 11) is 0. The molecule has 4 heterocycles. The van der Waals surface area contributed by atoms with E-state index in [9.17, 15) is 4.79 Å². The molecule has 1 atom stereocenters. The summed E-state index contributed by atoms with van der Waals surface area (Å²) in [5, 5.41) is 0.580. The molecule has 0 spiro atoms. The second-order valence-electron chi connectivity index (χ2n) is 6.03. The number of pyridine rings is 2. The predicted molar refractivity (Wildman–Crippen MR) is 92.2 cm³/mol. The van der Waals surface area contributed by atoms with Crippen LogP contribution in [0.15, 0.2) is 42.7 Å². The van der Waals surface area contributed by atoms with E-state index >= 15 is 0 Å². The number of fused-ring (bicyclic) bond motifs is 1. The summed E-state index contributed by atoms with van der Waals surface area (Å²) in [5.74, 6) is -0.0181. The van der Waals surface area contributed by atoms with Gasteiger partial charge in [-0.2, -0.15) is 0 Å². The summed E-state index contributed by atoms with van der Waals surface area (Å²) in [5.41, 5.74) is 2.96. The van der Waals surface area contributed by atoms with Crippen molar-refractivity contribution in [1.82, 2.24) is 19.3 Å². The van der Waals surface area contributed by atoms with Gasteiger partial charge in [-0.05, 0) is 44.0 Å². The average molecular weight is 341 g/mol. The number of amides is 1. The van der Waals surface area contributed by atoms with Crippen molar-refractivity contribution >= 4 is 23.2 Å². The van der Waals surface area contributed by atoms with Crippen LogP contribution in [0.5, 0.6) is 0 Å². The number of aromatic nitrogens is 3. The minimum Gasteiger partial charge on any atom is -0.329 e. The summed E-state index contributed by atoms with van der Waals surface area (Å²) < 4.78 is 1.79. The van der Waals surface area contributed by atoms with Crippen LogP contribution in [0.25, 0.3) is 5.65 Å². The number of aryl methyl sites for hydroxylation is 1. The van der Waals surface area contributed by atoms with Crippen LogP contribution in [-0.4, -0.2) is 31.7 Å². The van der Waals surface area contributed by atoms with Gasteiger partial charge in [-0.3, -0.25) is 14.2 Å². The molecule has 3 aromatic heterocycles. The van der Waals surface area contributed by atoms with E-state index in [1.807, 2.05) is 36.1 Å². The number of likely N-dealkylation sites (tertiary alicyclic amines) is 1. The third-order valence-corrected chi connectivity index (χ3v) is 4.73. The molecule has 1 aliphatic rings. The first-order chi connectivity index (χ1) is 11.6. The SMILES string of the molecule is Cc1nc2ccc(Cl)cn2c1C(=O)N1CCC[C@@H]1c1ccccn1. The predicted octanol–water partition coefficient (Wildman–Crippen LogP) is 3.67. The summed E-state index contributed by atoms with van der Waals surface area (Å²) in [4.78, 5) is 24.1. The van der Waals surface area contributed by atoms with Gasteiger partial charge in [0.05, 0.1) is 22.5 Å². The molecule has 1 aliphatic heterocycles. The monoisotopic (exact) mass is 340 g/mol. The Labute approximate surface area is 144 Å². The number of hydrogen-bond donors (Lipinski definition) is 0. The largest absolute Gasteiger partial charge is 0.329 e. The lowest BCUT2D eigenvalue weighted by Crippen LogP contribution is -2.32. The van der Waals surface area contributed by atoms with Gasteiger partial charge >= 0.3 is 0 Å². The Hall–Kier alpha value is -2.40. The van der Waals surface area contributed by atoms with Crippen molar-refractivity contribution in [2.75, 3.05) is 6.54 Å². The number of carbonyl (C=O) groups is 1. The van der Waals surface area contributed by atoms with Crippen LogP contribution in [-0.2, 0) is 0 Å². The molecule has 0 aromatic carbocycles. The van der Waals surface area contributed by atoms with E-state index in [1.165, 1.54) is 0 Å². The standard InChI is InChI=1S/C18H17ClN4O/c1-12-17(23-11-13(19)7-8-16(23)21-12)18(24)22-10-4-6-15(22)14-5-2-3-9-20-14/h2-3,5,7-9,11,15H,4,6,10H2,1H3/t15-/m1/s1. The molecule has 0 aliphatic carbocycles. The lowest BCUT2D eigenvalue weighted by Gasteiger charge is -2.24. The summed E-state index contributed by atoms with van der Waals surface area (Å²) in [6.45, 7) is 2.59. The first-order valence-electron chi connectivity index (χ1n) is 8.01. The van der Waals surface area contributed by atoms with Gasteiger partial charge in [-0.1, -0.05) is 17.7 Å². The van der Waals surface area contributed by atoms with Gasteiger partial charge in [0.2, 0.25) is 0 Å². The lowest BCUT2D eigenvalue weighted by molar-refractivity contribution is 0.0725. The Balaban J connectivity index is 1.76. The van der Waals surface area contributed by atoms with E-state index in [1.54, 1.807) is 22.9 Å². The maximum atomic E-state index is 13.2. The number of nitrogens with zero attached hydrogens (tertiary/aromatic N) is 4. The van der Waals surface area contributed by atoms with Crippen molar-refractivity contribution in [3.05, 3.63) is 64.8 Å². The first kappa shape index (κ1) is 15.1. The Morgan fingerprint density at radius 2 is 2.17 bits per heavy atom. The van der Waals surface area contributed by atoms with Crippen LogP contribution >= 0.6 is 11.6 Å². The average Bonchev–Trinajstić information content (AvgIpc) is 3.19. The molecule has 3 aromatic rings. The first-order valence-corrected chi connectivity index (χ1v) is 8.39. The minimum atomic E-state index is -0.0181. The quantitative estimate of drug-likeness (QED) is 0.715. The molecule has 1 fully saturated rings. The van der Waals surface area contributed by atoms with Crippen LogP contribution in [0.1, 0.15) is 40.8 Å². The minimum absolute atomic E-state index is 0.0165. The fourth-order valence-electron chi connectivity index (χ4n) is 3.42. The molecule has 122 valence electrons. The maximum absolute atomic E-state index is 13.2. The molecule has 1 amide bonds. The number of hydrogen-bond acceptors (Lipinski definition) is 3. The number of rotatable bonds is 2. The number of imidazole rings is 1. The smallest absolute Gasteiger partial charge is 0.273 e. The second kappa shape index (κ2) is 5.91. The molecule has 0 bridgehead atoms. The highest BCUT2D eigenvalue weighted by molar-refractivity contribution is 6.30. The number of halogens is 1. The van der Waals surface area contributed by atoms with E-state index in [2.05, 4.69) is 9.97 Å². The van der Waals surface area contributed by atoms with E-state index in [0.29, 0.717) is 16.4 Å². The highest BCUT2D eigenvalue weighted by atomic mass is 35.5. The van der Waals surface area contributed by atoms with Crippen LogP contribution in [0.2, 0.25) is 5.02 Å². The Bertz CT molecular complexity index is 906. The third-order valence-electron chi connectivity index (χ3n) is 4.50. The summed E-state index contributed by atoms with van der Waals surface area (Å²) >= 11 is 6.11. The van der Waals surface area contributed by atoms with Crippen LogP contribution in [0.4, 0.5) is 0 Å². The van der Waals surface area contributed by atoms with Crippen LogP contribution < -0.4 is 0 Å². The topological polar surface area (TPSA) is 50.5 Å². The fraction of sp³-hybridized carbons (Fsp3) is 0.278. The van der Waals surface area contributed by atoms with Crippen LogP contribution in [0.3, 0.4) is 0 Å². The van der Waals surface area contributed by atoms with E-state index in [-0.39, 0.29) is 11.9 Å². The van der Waals surface area contributed by atoms with Gasteiger partial charge in [0.25, 0.3) is 5.91 Å². The van der Waals surface area contributed by atoms with E-state index in [4.69, 9.17) is 11.6 Å². The van der Waals surface area contributed by atoms with Gasteiger partial charge in [0.15, 0.2) is 0 Å². The molecule has 4 rings (SSSR count). The van der Waals surface area contributed by atoms with Crippen molar-refractivity contribution in [2.45, 2.75) is 25.8 Å². The normalized spacial score (nSPS) is 17.6. The van der Waals surface area contributed by atoms with Gasteiger partial charge in [0, 0.05) is 18.9 Å². The van der Waals surface area contributed by atoms with Crippen molar-refractivity contribution in [3.63, 3.8) is 0 Å². The van der Waals surface area contributed by atoms with Gasteiger partial charge in [-0.15, -0.1) is 0 Å². The Kier molecular flexibility index (Phi) is 3.73. The van der Waals surface area contributed by atoms with Crippen LogP contribution in [0, 0.1) is 6.92 Å². The van der Waals surface area contributed by atoms with E-state index in [0.717, 1.165) is 30.7 Å². The van der Waals surface area contributed by atoms with Crippen molar-refractivity contribution < 1.29 is 4.79 Å². The highest BCUT2D eigenvalue weighted by Gasteiger charge is 2.33. The molecule has 0 saturated carbocycles. The molecular weight excluding hydrogens is 324 g/mol. The molecule has 24 heavy (non-hydrogen) atoms. The molecule has 0 N–H and O–H groups in total. The summed E-state index contributed by atoms with van der Waals surface area (Å²) in [6, 6.07) is 9.46. The lowest BCUT2D eigenvalue weighted by atomic mass is 10.1. The fourth-order valence-corrected chi connectivity index (χ4v) is 3.58. The van der Waals surface area contributed by atoms with Gasteiger partial charge in [-0.25, -0.2) is 4.98 Å². The molecule has 1 saturated heterocycles. The third kappa shape index (κ3) is 2.45. The van der Waals surface area contributed by atoms with Crippen molar-refractivity contribution in [3.8, 4) is 0 Å². The zero-order valence-electron chi connectivity index (χ0n) is 13.3. The Morgan fingerprint density at radius 3 is 2.96 bits per heavy atom. The van der Waals surface area contributed by atoms with Crippen molar-refractivity contribution in [2.24, 2.45) is 0 Å². The number of carbonyl (C=O) groups excluding carboxylic acids is 1. The van der Waals surface area contributed by atoms with Gasteiger partial charge in [0.1, 0.15) is 11.3 Å². The molecule has 0 unspecified atom stereocenters. The zero-order valence-corrected chi connectivity index (χ0v) is 14.1. The zero-order chi connectivity index (χ0) is 16.7. The maximum Gasteiger partial charge on any atom is 0.273 e. The van der Waals surface area contributed by atoms with E-state index < -0.39 is 0 Å². The molecule has 6 heteroatoms. The highest BCUT2D eigenvalue weighted by Crippen LogP contribution is 2.32. The van der Waals surface area contributed by atoms with Gasteiger partial charge < -0.3 is 4.90 Å². The summed E-state index contributed by atoms with van der Waals surface area (Å²) in [6.07, 6.45) is 5.42. The second-order valence-corrected chi connectivity index (χ2v) is 6.47. The Morgan fingerprint density at radius 1 is 1.29 bits per heavy atom. The van der Waals surface area contributed by atoms with Crippen molar-refractivity contribution in [1.29, 1.82) is 0 Å².